The van der Waals surface area contributed by atoms with E-state index in [-0.39, 0.29) is 11.8 Å². The third-order valence-electron chi connectivity index (χ3n) is 4.65. The Hall–Kier alpha value is -2.03. The van der Waals surface area contributed by atoms with Gasteiger partial charge in [-0.15, -0.1) is 0 Å². The van der Waals surface area contributed by atoms with Crippen LogP contribution in [0.5, 0.6) is 0 Å². The number of hydrogen-bond acceptors (Lipinski definition) is 6. The highest BCUT2D eigenvalue weighted by Crippen LogP contribution is 2.34. The van der Waals surface area contributed by atoms with Crippen molar-refractivity contribution < 1.29 is 8.42 Å². The quantitative estimate of drug-likeness (QED) is 0.780. The van der Waals surface area contributed by atoms with E-state index in [9.17, 15) is 8.42 Å². The van der Waals surface area contributed by atoms with Gasteiger partial charge in [-0.2, -0.15) is 4.31 Å². The molecule has 0 bridgehead atoms. The van der Waals surface area contributed by atoms with E-state index in [0.717, 1.165) is 29.9 Å². The summed E-state index contributed by atoms with van der Waals surface area (Å²) in [4.78, 5) is 11.2. The van der Waals surface area contributed by atoms with Crippen molar-refractivity contribution >= 4 is 15.8 Å². The molecule has 1 aliphatic rings. The van der Waals surface area contributed by atoms with E-state index in [1.807, 2.05) is 62.4 Å². The van der Waals surface area contributed by atoms with Gasteiger partial charge < -0.3 is 10.2 Å². The Morgan fingerprint density at radius 1 is 1.22 bits per heavy atom. The molecule has 1 fully saturated rings. The number of aromatic nitrogens is 2. The molecule has 7 nitrogen and oxygen atoms in total. The molecule has 0 amide bonds. The second-order valence-electron chi connectivity index (χ2n) is 7.01. The van der Waals surface area contributed by atoms with Crippen LogP contribution in [0.2, 0.25) is 0 Å². The SMILES string of the molecule is CNCc1cc(N(C)C)nc([C@H]2CCCN2S(=O)(=O)Cc2ccccc2)n1. The molecule has 0 saturated carbocycles. The number of benzene rings is 1. The summed E-state index contributed by atoms with van der Waals surface area (Å²) in [5.41, 5.74) is 1.65. The molecule has 0 aliphatic carbocycles. The molecule has 8 heteroatoms. The maximum atomic E-state index is 13.1. The van der Waals surface area contributed by atoms with E-state index in [0.29, 0.717) is 18.9 Å². The lowest BCUT2D eigenvalue weighted by Crippen LogP contribution is -2.33. The lowest BCUT2D eigenvalue weighted by Gasteiger charge is -2.24. The van der Waals surface area contributed by atoms with Gasteiger partial charge in [-0.1, -0.05) is 30.3 Å². The predicted molar refractivity (Wildman–Crippen MR) is 107 cm³/mol. The number of anilines is 1. The smallest absolute Gasteiger partial charge is 0.218 e. The zero-order valence-electron chi connectivity index (χ0n) is 16.1. The molecule has 2 aromatic rings. The van der Waals surface area contributed by atoms with Gasteiger partial charge in [-0.25, -0.2) is 18.4 Å². The van der Waals surface area contributed by atoms with E-state index >= 15 is 0 Å². The fraction of sp³-hybridized carbons (Fsp3) is 0.474. The fourth-order valence-corrected chi connectivity index (χ4v) is 5.13. The summed E-state index contributed by atoms with van der Waals surface area (Å²) in [5, 5.41) is 3.10. The van der Waals surface area contributed by atoms with E-state index in [1.165, 1.54) is 0 Å². The normalized spacial score (nSPS) is 18.0. The first kappa shape index (κ1) is 19.7. The van der Waals surface area contributed by atoms with Gasteiger partial charge in [0.2, 0.25) is 10.0 Å². The molecule has 1 aliphatic heterocycles. The number of hydrogen-bond donors (Lipinski definition) is 1. The summed E-state index contributed by atoms with van der Waals surface area (Å²) in [6.45, 7) is 1.12. The molecule has 27 heavy (non-hydrogen) atoms. The maximum Gasteiger partial charge on any atom is 0.218 e. The van der Waals surface area contributed by atoms with Crippen molar-refractivity contribution in [1.82, 2.24) is 19.6 Å². The Balaban J connectivity index is 1.91. The van der Waals surface area contributed by atoms with Crippen molar-refractivity contribution in [3.63, 3.8) is 0 Å². The molecule has 1 N–H and O–H groups in total. The molecule has 0 unspecified atom stereocenters. The second kappa shape index (κ2) is 8.33. The van der Waals surface area contributed by atoms with E-state index in [1.54, 1.807) is 4.31 Å². The molecule has 0 spiro atoms. The Morgan fingerprint density at radius 3 is 2.63 bits per heavy atom. The van der Waals surface area contributed by atoms with Gasteiger partial charge in [0.05, 0.1) is 17.5 Å². The summed E-state index contributed by atoms with van der Waals surface area (Å²) in [6, 6.07) is 10.9. The first-order chi connectivity index (χ1) is 12.9. The van der Waals surface area contributed by atoms with Crippen LogP contribution in [0.3, 0.4) is 0 Å². The van der Waals surface area contributed by atoms with Crippen LogP contribution in [0.1, 0.15) is 36.0 Å². The van der Waals surface area contributed by atoms with Gasteiger partial charge in [0.1, 0.15) is 11.6 Å². The molecule has 1 atom stereocenters. The third kappa shape index (κ3) is 4.63. The van der Waals surface area contributed by atoms with Crippen LogP contribution < -0.4 is 10.2 Å². The van der Waals surface area contributed by atoms with Gasteiger partial charge in [0.25, 0.3) is 0 Å². The first-order valence-corrected chi connectivity index (χ1v) is 10.7. The molecule has 1 saturated heterocycles. The molecular formula is C19H27N5O2S. The predicted octanol–water partition coefficient (Wildman–Crippen LogP) is 1.93. The van der Waals surface area contributed by atoms with E-state index in [2.05, 4.69) is 15.3 Å². The largest absolute Gasteiger partial charge is 0.363 e. The van der Waals surface area contributed by atoms with Crippen LogP contribution >= 0.6 is 0 Å². The second-order valence-corrected chi connectivity index (χ2v) is 8.93. The van der Waals surface area contributed by atoms with Gasteiger partial charge in [-0.3, -0.25) is 0 Å². The molecule has 1 aromatic heterocycles. The zero-order chi connectivity index (χ0) is 19.4. The maximum absolute atomic E-state index is 13.1. The van der Waals surface area contributed by atoms with Gasteiger partial charge in [-0.05, 0) is 25.5 Å². The number of sulfonamides is 1. The number of nitrogens with one attached hydrogen (secondary N) is 1. The highest BCUT2D eigenvalue weighted by molar-refractivity contribution is 7.88. The average Bonchev–Trinajstić information content (AvgIpc) is 3.13. The van der Waals surface area contributed by atoms with Gasteiger partial charge in [0.15, 0.2) is 0 Å². The van der Waals surface area contributed by atoms with E-state index in [4.69, 9.17) is 0 Å². The van der Waals surface area contributed by atoms with Crippen LogP contribution in [0.15, 0.2) is 36.4 Å². The minimum atomic E-state index is -3.44. The average molecular weight is 390 g/mol. The Labute approximate surface area is 161 Å². The highest BCUT2D eigenvalue weighted by Gasteiger charge is 2.37. The summed E-state index contributed by atoms with van der Waals surface area (Å²) in [6.07, 6.45) is 1.56. The molecule has 2 heterocycles. The van der Waals surface area contributed by atoms with Crippen LogP contribution in [0, 0.1) is 0 Å². The van der Waals surface area contributed by atoms with Gasteiger partial charge in [0, 0.05) is 33.3 Å². The lowest BCUT2D eigenvalue weighted by atomic mass is 10.2. The molecule has 0 radical (unpaired) electrons. The topological polar surface area (TPSA) is 78.4 Å². The lowest BCUT2D eigenvalue weighted by molar-refractivity contribution is 0.382. The zero-order valence-corrected chi connectivity index (χ0v) is 16.9. The molecular weight excluding hydrogens is 362 g/mol. The van der Waals surface area contributed by atoms with Crippen LogP contribution in [-0.4, -0.2) is 50.4 Å². The van der Waals surface area contributed by atoms with E-state index < -0.39 is 10.0 Å². The van der Waals surface area contributed by atoms with Crippen molar-refractivity contribution in [3.05, 3.63) is 53.5 Å². The van der Waals surface area contributed by atoms with Crippen molar-refractivity contribution in [3.8, 4) is 0 Å². The summed E-state index contributed by atoms with van der Waals surface area (Å²) in [5.74, 6) is 1.37. The van der Waals surface area contributed by atoms with Crippen molar-refractivity contribution in [2.75, 3.05) is 32.6 Å². The number of nitrogens with zero attached hydrogens (tertiary/aromatic N) is 4. The molecule has 1 aromatic carbocycles. The standard InChI is InChI=1S/C19H27N5O2S/c1-20-13-16-12-18(23(2)3)22-19(21-16)17-10-7-11-24(17)27(25,26)14-15-8-5-4-6-9-15/h4-6,8-9,12,17,20H,7,10-11,13-14H2,1-3H3/t17-/m1/s1. The Morgan fingerprint density at radius 2 is 1.96 bits per heavy atom. The van der Waals surface area contributed by atoms with Gasteiger partial charge >= 0.3 is 0 Å². The van der Waals surface area contributed by atoms with Crippen molar-refractivity contribution in [2.45, 2.75) is 31.2 Å². The minimum absolute atomic E-state index is 0.00108. The van der Waals surface area contributed by atoms with Crippen LogP contribution in [-0.2, 0) is 22.3 Å². The highest BCUT2D eigenvalue weighted by atomic mass is 32.2. The number of rotatable bonds is 7. The van der Waals surface area contributed by atoms with Crippen LogP contribution in [0.25, 0.3) is 0 Å². The van der Waals surface area contributed by atoms with Crippen molar-refractivity contribution in [2.24, 2.45) is 0 Å². The monoisotopic (exact) mass is 389 g/mol. The minimum Gasteiger partial charge on any atom is -0.363 e. The first-order valence-electron chi connectivity index (χ1n) is 9.14. The third-order valence-corrected chi connectivity index (χ3v) is 6.50. The Bertz CT molecular complexity index is 871. The summed E-state index contributed by atoms with van der Waals surface area (Å²) >= 11 is 0. The Kier molecular flexibility index (Phi) is 6.08. The summed E-state index contributed by atoms with van der Waals surface area (Å²) < 4.78 is 27.7. The molecule has 146 valence electrons. The summed E-state index contributed by atoms with van der Waals surface area (Å²) in [7, 11) is 2.27. The van der Waals surface area contributed by atoms with Crippen molar-refractivity contribution in [1.29, 1.82) is 0 Å². The molecule has 3 rings (SSSR count). The van der Waals surface area contributed by atoms with Crippen LogP contribution in [0.4, 0.5) is 5.82 Å². The fourth-order valence-electron chi connectivity index (χ4n) is 3.35.